The van der Waals surface area contributed by atoms with E-state index < -0.39 is 0 Å². The molecule has 0 saturated carbocycles. The molecule has 0 bridgehead atoms. The van der Waals surface area contributed by atoms with Crippen LogP contribution in [0.25, 0.3) is 0 Å². The third-order valence-corrected chi connectivity index (χ3v) is 3.63. The minimum Gasteiger partial charge on any atom is -0.296 e. The Balaban J connectivity index is 2.21. The van der Waals surface area contributed by atoms with Gasteiger partial charge in [-0.2, -0.15) is 0 Å². The van der Waals surface area contributed by atoms with Crippen LogP contribution >= 0.6 is 11.6 Å². The molecule has 0 radical (unpaired) electrons. The molecule has 1 atom stereocenters. The van der Waals surface area contributed by atoms with Crippen molar-refractivity contribution in [1.29, 1.82) is 0 Å². The van der Waals surface area contributed by atoms with Crippen molar-refractivity contribution in [2.45, 2.75) is 32.7 Å². The second-order valence-electron chi connectivity index (χ2n) is 4.98. The second kappa shape index (κ2) is 5.20. The summed E-state index contributed by atoms with van der Waals surface area (Å²) >= 11 is 5.94. The Morgan fingerprint density at radius 1 is 1.06 bits per heavy atom. The summed E-state index contributed by atoms with van der Waals surface area (Å²) in [5.41, 5.74) is 1.40. The Kier molecular flexibility index (Phi) is 3.88. The molecule has 1 fully saturated rings. The molecular formula is C14H20ClN. The SMILES string of the molecule is CC(C)C(c1ccc(Cl)cc1)N1CCCC1. The zero-order valence-electron chi connectivity index (χ0n) is 10.1. The van der Waals surface area contributed by atoms with Crippen LogP contribution in [-0.4, -0.2) is 18.0 Å². The van der Waals surface area contributed by atoms with Gasteiger partial charge >= 0.3 is 0 Å². The summed E-state index contributed by atoms with van der Waals surface area (Å²) in [6, 6.07) is 8.90. The van der Waals surface area contributed by atoms with Crippen LogP contribution in [0, 0.1) is 5.92 Å². The van der Waals surface area contributed by atoms with Gasteiger partial charge in [-0.15, -0.1) is 0 Å². The lowest BCUT2D eigenvalue weighted by molar-refractivity contribution is 0.193. The first kappa shape index (κ1) is 11.9. The molecule has 2 heteroatoms. The molecule has 1 nitrogen and oxygen atoms in total. The van der Waals surface area contributed by atoms with Crippen molar-refractivity contribution < 1.29 is 0 Å². The zero-order valence-corrected chi connectivity index (χ0v) is 10.9. The van der Waals surface area contributed by atoms with Crippen LogP contribution in [0.15, 0.2) is 24.3 Å². The molecule has 1 aliphatic heterocycles. The van der Waals surface area contributed by atoms with E-state index in [2.05, 4.69) is 30.9 Å². The molecule has 1 saturated heterocycles. The van der Waals surface area contributed by atoms with Crippen LogP contribution in [-0.2, 0) is 0 Å². The fourth-order valence-corrected chi connectivity index (χ4v) is 2.82. The Morgan fingerprint density at radius 3 is 2.12 bits per heavy atom. The fourth-order valence-electron chi connectivity index (χ4n) is 2.70. The van der Waals surface area contributed by atoms with Crippen LogP contribution in [0.3, 0.4) is 0 Å². The Hall–Kier alpha value is -0.530. The van der Waals surface area contributed by atoms with E-state index in [1.165, 1.54) is 31.5 Å². The molecule has 2 rings (SSSR count). The molecule has 0 aromatic heterocycles. The highest BCUT2D eigenvalue weighted by atomic mass is 35.5. The zero-order chi connectivity index (χ0) is 11.5. The van der Waals surface area contributed by atoms with Crippen molar-refractivity contribution in [2.24, 2.45) is 5.92 Å². The van der Waals surface area contributed by atoms with Crippen LogP contribution in [0.5, 0.6) is 0 Å². The lowest BCUT2D eigenvalue weighted by Gasteiger charge is -2.31. The predicted octanol–water partition coefficient (Wildman–Crippen LogP) is 4.13. The second-order valence-corrected chi connectivity index (χ2v) is 5.42. The molecular weight excluding hydrogens is 218 g/mol. The number of nitrogens with zero attached hydrogens (tertiary/aromatic N) is 1. The van der Waals surface area contributed by atoms with E-state index in [-0.39, 0.29) is 0 Å². The van der Waals surface area contributed by atoms with E-state index in [0.29, 0.717) is 12.0 Å². The first-order chi connectivity index (χ1) is 7.68. The number of likely N-dealkylation sites (tertiary alicyclic amines) is 1. The van der Waals surface area contributed by atoms with Crippen LogP contribution in [0.4, 0.5) is 0 Å². The maximum absolute atomic E-state index is 5.94. The highest BCUT2D eigenvalue weighted by Crippen LogP contribution is 2.31. The standard InChI is InChI=1S/C14H20ClN/c1-11(2)14(16-9-3-4-10-16)12-5-7-13(15)8-6-12/h5-8,11,14H,3-4,9-10H2,1-2H3. The topological polar surface area (TPSA) is 3.24 Å². The van der Waals surface area contributed by atoms with Crippen LogP contribution in [0.1, 0.15) is 38.3 Å². The Bertz CT molecular complexity index is 325. The predicted molar refractivity (Wildman–Crippen MR) is 69.8 cm³/mol. The van der Waals surface area contributed by atoms with E-state index in [1.807, 2.05) is 12.1 Å². The highest BCUT2D eigenvalue weighted by Gasteiger charge is 2.25. The molecule has 0 aliphatic carbocycles. The minimum absolute atomic E-state index is 0.555. The van der Waals surface area contributed by atoms with Crippen molar-refractivity contribution in [3.8, 4) is 0 Å². The molecule has 0 N–H and O–H groups in total. The Morgan fingerprint density at radius 2 is 1.62 bits per heavy atom. The first-order valence-electron chi connectivity index (χ1n) is 6.18. The number of rotatable bonds is 3. The van der Waals surface area contributed by atoms with Gasteiger partial charge in [-0.1, -0.05) is 37.6 Å². The van der Waals surface area contributed by atoms with E-state index in [9.17, 15) is 0 Å². The average Bonchev–Trinajstić information content (AvgIpc) is 2.74. The van der Waals surface area contributed by atoms with Crippen LogP contribution in [0.2, 0.25) is 5.02 Å². The molecule has 0 amide bonds. The Labute approximate surface area is 103 Å². The number of benzene rings is 1. The quantitative estimate of drug-likeness (QED) is 0.764. The maximum Gasteiger partial charge on any atom is 0.0406 e. The van der Waals surface area contributed by atoms with Gasteiger partial charge in [0.2, 0.25) is 0 Å². The van der Waals surface area contributed by atoms with E-state index in [0.717, 1.165) is 5.02 Å². The van der Waals surface area contributed by atoms with Gasteiger partial charge in [0, 0.05) is 11.1 Å². The summed E-state index contributed by atoms with van der Waals surface area (Å²) < 4.78 is 0. The monoisotopic (exact) mass is 237 g/mol. The summed E-state index contributed by atoms with van der Waals surface area (Å²) in [5.74, 6) is 0.652. The lowest BCUT2D eigenvalue weighted by atomic mass is 9.95. The summed E-state index contributed by atoms with van der Waals surface area (Å²) in [6.45, 7) is 7.09. The van der Waals surface area contributed by atoms with Gasteiger partial charge in [-0.3, -0.25) is 4.90 Å². The fraction of sp³-hybridized carbons (Fsp3) is 0.571. The van der Waals surface area contributed by atoms with Crippen molar-refractivity contribution in [3.63, 3.8) is 0 Å². The molecule has 1 aliphatic rings. The van der Waals surface area contributed by atoms with Gasteiger partial charge in [0.15, 0.2) is 0 Å². The van der Waals surface area contributed by atoms with E-state index >= 15 is 0 Å². The van der Waals surface area contributed by atoms with Crippen molar-refractivity contribution in [3.05, 3.63) is 34.9 Å². The van der Waals surface area contributed by atoms with Gasteiger partial charge in [0.05, 0.1) is 0 Å². The van der Waals surface area contributed by atoms with E-state index in [4.69, 9.17) is 11.6 Å². The van der Waals surface area contributed by atoms with Gasteiger partial charge in [-0.25, -0.2) is 0 Å². The molecule has 88 valence electrons. The average molecular weight is 238 g/mol. The summed E-state index contributed by atoms with van der Waals surface area (Å²) in [5, 5.41) is 0.827. The van der Waals surface area contributed by atoms with Crippen molar-refractivity contribution >= 4 is 11.6 Å². The molecule has 1 aromatic carbocycles. The first-order valence-corrected chi connectivity index (χ1v) is 6.56. The molecule has 1 aromatic rings. The highest BCUT2D eigenvalue weighted by molar-refractivity contribution is 6.30. The number of halogens is 1. The van der Waals surface area contributed by atoms with Gasteiger partial charge in [0.1, 0.15) is 0 Å². The third-order valence-electron chi connectivity index (χ3n) is 3.38. The van der Waals surface area contributed by atoms with Crippen molar-refractivity contribution in [2.75, 3.05) is 13.1 Å². The summed E-state index contributed by atoms with van der Waals surface area (Å²) in [6.07, 6.45) is 2.69. The smallest absolute Gasteiger partial charge is 0.0406 e. The molecule has 1 unspecified atom stereocenters. The van der Waals surface area contributed by atoms with Gasteiger partial charge < -0.3 is 0 Å². The lowest BCUT2D eigenvalue weighted by Crippen LogP contribution is -2.29. The van der Waals surface area contributed by atoms with Gasteiger partial charge in [-0.05, 0) is 49.5 Å². The van der Waals surface area contributed by atoms with Crippen molar-refractivity contribution in [1.82, 2.24) is 4.90 Å². The largest absolute Gasteiger partial charge is 0.296 e. The maximum atomic E-state index is 5.94. The number of hydrogen-bond donors (Lipinski definition) is 0. The summed E-state index contributed by atoms with van der Waals surface area (Å²) in [7, 11) is 0. The molecule has 0 spiro atoms. The van der Waals surface area contributed by atoms with Crippen LogP contribution < -0.4 is 0 Å². The number of hydrogen-bond acceptors (Lipinski definition) is 1. The minimum atomic E-state index is 0.555. The molecule has 1 heterocycles. The van der Waals surface area contributed by atoms with Gasteiger partial charge in [0.25, 0.3) is 0 Å². The summed E-state index contributed by atoms with van der Waals surface area (Å²) in [4.78, 5) is 2.61. The van der Waals surface area contributed by atoms with E-state index in [1.54, 1.807) is 0 Å². The normalized spacial score (nSPS) is 19.2. The third kappa shape index (κ3) is 2.58. The molecule has 16 heavy (non-hydrogen) atoms.